The molecule has 146 valence electrons. The minimum Gasteiger partial charge on any atom is -0.456 e. The van der Waals surface area contributed by atoms with E-state index in [9.17, 15) is 9.59 Å². The zero-order valence-corrected chi connectivity index (χ0v) is 17.7. The van der Waals surface area contributed by atoms with E-state index in [4.69, 9.17) is 4.74 Å². The molecule has 1 aliphatic heterocycles. The third-order valence-electron chi connectivity index (χ3n) is 7.47. The summed E-state index contributed by atoms with van der Waals surface area (Å²) >= 11 is 4.00. The molecule has 0 radical (unpaired) electrons. The van der Waals surface area contributed by atoms with Crippen LogP contribution in [0.4, 0.5) is 0 Å². The summed E-state index contributed by atoms with van der Waals surface area (Å²) < 4.78 is 5.74. The van der Waals surface area contributed by atoms with E-state index in [0.717, 1.165) is 31.1 Å². The first-order valence-corrected chi connectivity index (χ1v) is 11.2. The zero-order valence-electron chi connectivity index (χ0n) is 16.1. The number of carbonyl (C=O) groups is 2. The highest BCUT2D eigenvalue weighted by Crippen LogP contribution is 2.65. The van der Waals surface area contributed by atoms with Gasteiger partial charge in [-0.1, -0.05) is 15.9 Å². The van der Waals surface area contributed by atoms with Crippen molar-refractivity contribution in [2.75, 3.05) is 6.61 Å². The van der Waals surface area contributed by atoms with Gasteiger partial charge >= 0.3 is 5.97 Å². The molecule has 4 saturated carbocycles. The van der Waals surface area contributed by atoms with Gasteiger partial charge in [0.05, 0.1) is 6.42 Å². The number of rotatable bonds is 4. The van der Waals surface area contributed by atoms with Crippen molar-refractivity contribution in [3.05, 3.63) is 0 Å². The third kappa shape index (κ3) is 3.57. The van der Waals surface area contributed by atoms with Gasteiger partial charge in [-0.25, -0.2) is 0 Å². The Hall–Kier alpha value is -0.580. The summed E-state index contributed by atoms with van der Waals surface area (Å²) in [6, 6.07) is 0.503. The molecule has 1 amide bonds. The van der Waals surface area contributed by atoms with Gasteiger partial charge in [-0.05, 0) is 88.9 Å². The van der Waals surface area contributed by atoms with Crippen molar-refractivity contribution >= 4 is 27.8 Å². The van der Waals surface area contributed by atoms with E-state index in [-0.39, 0.29) is 40.3 Å². The summed E-state index contributed by atoms with van der Waals surface area (Å²) in [5, 5.41) is 0. The Balaban J connectivity index is 1.32. The van der Waals surface area contributed by atoms with Crippen molar-refractivity contribution in [2.45, 2.75) is 94.5 Å². The molecule has 4 unspecified atom stereocenters. The van der Waals surface area contributed by atoms with Gasteiger partial charge in [0.2, 0.25) is 0 Å². The number of piperidine rings is 1. The Kier molecular flexibility index (Phi) is 4.90. The predicted molar refractivity (Wildman–Crippen MR) is 104 cm³/mol. The largest absolute Gasteiger partial charge is 0.456 e. The number of ether oxygens (including phenoxy) is 1. The Morgan fingerprint density at radius 2 is 1.69 bits per heavy atom. The van der Waals surface area contributed by atoms with Crippen LogP contribution in [-0.4, -0.2) is 39.8 Å². The first-order valence-electron chi connectivity index (χ1n) is 10.4. The van der Waals surface area contributed by atoms with Crippen LogP contribution in [0.2, 0.25) is 0 Å². The van der Waals surface area contributed by atoms with Crippen molar-refractivity contribution in [1.29, 1.82) is 0 Å². The summed E-state index contributed by atoms with van der Waals surface area (Å²) in [5.74, 6) is 1.33. The molecule has 4 bridgehead atoms. The van der Waals surface area contributed by atoms with Crippen molar-refractivity contribution in [3.63, 3.8) is 0 Å². The van der Waals surface area contributed by atoms with E-state index in [1.807, 2.05) is 4.90 Å². The second-order valence-corrected chi connectivity index (χ2v) is 11.6. The van der Waals surface area contributed by atoms with E-state index in [2.05, 4.69) is 29.8 Å². The third-order valence-corrected chi connectivity index (χ3v) is 8.40. The molecule has 4 atom stereocenters. The Morgan fingerprint density at radius 3 is 2.27 bits per heavy atom. The van der Waals surface area contributed by atoms with Gasteiger partial charge in [-0.2, -0.15) is 0 Å². The Bertz CT molecular complexity index is 568. The van der Waals surface area contributed by atoms with Crippen LogP contribution in [-0.2, 0) is 14.3 Å². The quantitative estimate of drug-likeness (QED) is 0.493. The average Bonchev–Trinajstić information content (AvgIpc) is 2.49. The molecular weight excluding hydrogens is 394 g/mol. The van der Waals surface area contributed by atoms with Crippen molar-refractivity contribution in [2.24, 2.45) is 17.3 Å². The molecule has 4 nitrogen and oxygen atoms in total. The number of esters is 1. The van der Waals surface area contributed by atoms with E-state index in [0.29, 0.717) is 6.42 Å². The maximum Gasteiger partial charge on any atom is 0.306 e. The van der Waals surface area contributed by atoms with Crippen molar-refractivity contribution in [3.8, 4) is 0 Å². The first kappa shape index (κ1) is 18.8. The van der Waals surface area contributed by atoms with Gasteiger partial charge in [0.1, 0.15) is 0 Å². The number of likely N-dealkylation sites (tertiary alicyclic amines) is 1. The van der Waals surface area contributed by atoms with Gasteiger partial charge in [0, 0.05) is 16.4 Å². The van der Waals surface area contributed by atoms with Crippen LogP contribution in [0.5, 0.6) is 0 Å². The number of carbonyl (C=O) groups excluding carboxylic acids is 2. The number of hydrogen-bond acceptors (Lipinski definition) is 3. The molecule has 1 heterocycles. The van der Waals surface area contributed by atoms with Crippen LogP contribution in [0.15, 0.2) is 0 Å². The van der Waals surface area contributed by atoms with Gasteiger partial charge < -0.3 is 9.64 Å². The van der Waals surface area contributed by atoms with Crippen LogP contribution in [0.25, 0.3) is 0 Å². The molecule has 4 aliphatic carbocycles. The zero-order chi connectivity index (χ0) is 18.5. The van der Waals surface area contributed by atoms with Gasteiger partial charge in [-0.3, -0.25) is 9.59 Å². The summed E-state index contributed by atoms with van der Waals surface area (Å²) in [5.41, 5.74) is 0.111. The minimum atomic E-state index is -0.172. The lowest BCUT2D eigenvalue weighted by atomic mass is 9.49. The van der Waals surface area contributed by atoms with Gasteiger partial charge in [0.15, 0.2) is 6.61 Å². The fourth-order valence-electron chi connectivity index (χ4n) is 7.03. The normalized spacial score (nSPS) is 44.2. The smallest absolute Gasteiger partial charge is 0.306 e. The average molecular weight is 426 g/mol. The minimum absolute atomic E-state index is 0.0273. The van der Waals surface area contributed by atoms with Crippen LogP contribution in [0.1, 0.15) is 78.1 Å². The van der Waals surface area contributed by atoms with Gasteiger partial charge in [-0.15, -0.1) is 0 Å². The molecule has 0 aromatic heterocycles. The molecule has 1 saturated heterocycles. The molecule has 0 aromatic carbocycles. The van der Waals surface area contributed by atoms with Crippen molar-refractivity contribution in [1.82, 2.24) is 4.90 Å². The van der Waals surface area contributed by atoms with Gasteiger partial charge in [0.25, 0.3) is 5.91 Å². The number of halogens is 1. The Labute approximate surface area is 165 Å². The molecule has 26 heavy (non-hydrogen) atoms. The highest BCUT2D eigenvalue weighted by Gasteiger charge is 2.57. The molecule has 5 fully saturated rings. The summed E-state index contributed by atoms with van der Waals surface area (Å²) in [6.07, 6.45) is 11.1. The number of alkyl halides is 1. The monoisotopic (exact) mass is 425 g/mol. The lowest BCUT2D eigenvalue weighted by Crippen LogP contribution is -2.53. The number of nitrogens with zero attached hydrogens (tertiary/aromatic N) is 1. The molecular formula is C21H32BrNO3. The highest BCUT2D eigenvalue weighted by atomic mass is 79.9. The SMILES string of the molecule is CC1CCCC(C)N1C(=O)COC(=O)CC12CC3CC(CC(Br)(C3)C1)C2. The first-order chi connectivity index (χ1) is 12.3. The summed E-state index contributed by atoms with van der Waals surface area (Å²) in [4.78, 5) is 27.1. The standard InChI is InChI=1S/C21H32BrNO3/c1-14-4-3-5-15(2)23(14)18(24)12-26-19(25)11-20-7-16-6-17(8-20)10-21(22,9-16)13-20/h14-17H,3-13H2,1-2H3. The molecule has 0 aromatic rings. The molecule has 5 rings (SSSR count). The van der Waals surface area contributed by atoms with E-state index >= 15 is 0 Å². The second kappa shape index (κ2) is 6.79. The van der Waals surface area contributed by atoms with Crippen LogP contribution in [0, 0.1) is 17.3 Å². The summed E-state index contributed by atoms with van der Waals surface area (Å²) in [7, 11) is 0. The molecule has 5 aliphatic rings. The van der Waals surface area contributed by atoms with Crippen LogP contribution < -0.4 is 0 Å². The van der Waals surface area contributed by atoms with E-state index < -0.39 is 0 Å². The van der Waals surface area contributed by atoms with Crippen LogP contribution in [0.3, 0.4) is 0 Å². The topological polar surface area (TPSA) is 46.6 Å². The second-order valence-electron chi connectivity index (χ2n) is 9.88. The summed E-state index contributed by atoms with van der Waals surface area (Å²) in [6.45, 7) is 4.11. The molecule has 0 N–H and O–H groups in total. The predicted octanol–water partition coefficient (Wildman–Crippen LogP) is 4.44. The molecule has 5 heteroatoms. The van der Waals surface area contributed by atoms with E-state index in [1.165, 1.54) is 38.5 Å². The lowest BCUT2D eigenvalue weighted by molar-refractivity contribution is -0.159. The maximum absolute atomic E-state index is 12.6. The van der Waals surface area contributed by atoms with Crippen LogP contribution >= 0.6 is 15.9 Å². The highest BCUT2D eigenvalue weighted by molar-refractivity contribution is 9.10. The number of amides is 1. The number of hydrogen-bond donors (Lipinski definition) is 0. The fourth-order valence-corrected chi connectivity index (χ4v) is 8.54. The lowest BCUT2D eigenvalue weighted by Gasteiger charge is -2.60. The van der Waals surface area contributed by atoms with Crippen molar-refractivity contribution < 1.29 is 14.3 Å². The van der Waals surface area contributed by atoms with E-state index in [1.54, 1.807) is 0 Å². The molecule has 0 spiro atoms. The fraction of sp³-hybridized carbons (Fsp3) is 0.905. The Morgan fingerprint density at radius 1 is 1.08 bits per heavy atom. The maximum atomic E-state index is 12.6.